The van der Waals surface area contributed by atoms with E-state index in [1.54, 1.807) is 12.1 Å². The van der Waals surface area contributed by atoms with Crippen LogP contribution < -0.4 is 0 Å². The summed E-state index contributed by atoms with van der Waals surface area (Å²) in [6, 6.07) is 7.54. The average molecular weight is 375 g/mol. The molecule has 0 unspecified atom stereocenters. The van der Waals surface area contributed by atoms with E-state index in [0.717, 1.165) is 35.9 Å². The zero-order chi connectivity index (χ0) is 18.7. The average Bonchev–Trinajstić information content (AvgIpc) is 3.03. The number of carbonyl (C=O) groups is 1. The predicted octanol–water partition coefficient (Wildman–Crippen LogP) is 3.55. The van der Waals surface area contributed by atoms with Crippen LogP contribution in [0.5, 0.6) is 5.75 Å². The number of amides is 1. The molecule has 6 nitrogen and oxygen atoms in total. The Hall–Kier alpha value is -2.02. The Bertz CT molecular complexity index is 749. The van der Waals surface area contributed by atoms with Crippen molar-refractivity contribution in [1.29, 1.82) is 0 Å². The highest BCUT2D eigenvalue weighted by molar-refractivity contribution is 7.99. The lowest BCUT2D eigenvalue weighted by molar-refractivity contribution is -0.134. The summed E-state index contributed by atoms with van der Waals surface area (Å²) in [4.78, 5) is 14.8. The van der Waals surface area contributed by atoms with Gasteiger partial charge in [0.15, 0.2) is 11.0 Å². The molecule has 1 amide bonds. The summed E-state index contributed by atoms with van der Waals surface area (Å²) >= 11 is 1.44. The van der Waals surface area contributed by atoms with Crippen molar-refractivity contribution in [3.05, 3.63) is 24.3 Å². The van der Waals surface area contributed by atoms with Crippen molar-refractivity contribution < 1.29 is 9.90 Å². The molecule has 2 aromatic rings. The molecule has 1 fully saturated rings. The maximum atomic E-state index is 12.7. The van der Waals surface area contributed by atoms with Crippen molar-refractivity contribution in [1.82, 2.24) is 19.7 Å². The Kier molecular flexibility index (Phi) is 5.86. The SMILES string of the molecule is CCn1c(SCC(=O)N2[C@@H](C)CCC[C@@H]2C)nnc1-c1ccc(O)cc1. The van der Waals surface area contributed by atoms with Crippen LogP contribution in [0, 0.1) is 0 Å². The zero-order valence-corrected chi connectivity index (χ0v) is 16.4. The Morgan fingerprint density at radius 3 is 2.46 bits per heavy atom. The van der Waals surface area contributed by atoms with Crippen LogP contribution in [0.2, 0.25) is 0 Å². The molecule has 26 heavy (non-hydrogen) atoms. The number of aromatic hydroxyl groups is 1. The number of benzene rings is 1. The Morgan fingerprint density at radius 2 is 1.85 bits per heavy atom. The lowest BCUT2D eigenvalue weighted by Gasteiger charge is -2.39. The van der Waals surface area contributed by atoms with Crippen LogP contribution in [0.15, 0.2) is 29.4 Å². The first-order valence-electron chi connectivity index (χ1n) is 9.17. The summed E-state index contributed by atoms with van der Waals surface area (Å²) in [6.45, 7) is 7.02. The number of phenols is 1. The van der Waals surface area contributed by atoms with Crippen molar-refractivity contribution in [2.75, 3.05) is 5.75 Å². The van der Waals surface area contributed by atoms with Crippen LogP contribution in [-0.4, -0.2) is 48.5 Å². The number of rotatable bonds is 5. The number of hydrogen-bond acceptors (Lipinski definition) is 5. The lowest BCUT2D eigenvalue weighted by Crippen LogP contribution is -2.48. The molecule has 0 bridgehead atoms. The van der Waals surface area contributed by atoms with E-state index in [2.05, 4.69) is 24.0 Å². The van der Waals surface area contributed by atoms with Gasteiger partial charge in [-0.15, -0.1) is 10.2 Å². The third-order valence-corrected chi connectivity index (χ3v) is 5.92. The van der Waals surface area contributed by atoms with Crippen LogP contribution >= 0.6 is 11.8 Å². The van der Waals surface area contributed by atoms with E-state index in [4.69, 9.17) is 0 Å². The minimum absolute atomic E-state index is 0.173. The molecule has 1 N–H and O–H groups in total. The summed E-state index contributed by atoms with van der Waals surface area (Å²) in [7, 11) is 0. The number of carbonyl (C=O) groups excluding carboxylic acids is 1. The van der Waals surface area contributed by atoms with Gasteiger partial charge in [-0.05, 0) is 64.3 Å². The third-order valence-electron chi connectivity index (χ3n) is 4.96. The van der Waals surface area contributed by atoms with Crippen LogP contribution in [-0.2, 0) is 11.3 Å². The molecule has 1 aliphatic rings. The maximum absolute atomic E-state index is 12.7. The van der Waals surface area contributed by atoms with Crippen molar-refractivity contribution >= 4 is 17.7 Å². The zero-order valence-electron chi connectivity index (χ0n) is 15.6. The second-order valence-corrected chi connectivity index (χ2v) is 7.76. The van der Waals surface area contributed by atoms with Crippen molar-refractivity contribution in [2.45, 2.75) is 63.8 Å². The van der Waals surface area contributed by atoms with Crippen LogP contribution in [0.4, 0.5) is 0 Å². The molecule has 3 rings (SSSR count). The highest BCUT2D eigenvalue weighted by atomic mass is 32.2. The summed E-state index contributed by atoms with van der Waals surface area (Å²) in [5.74, 6) is 1.53. The number of aromatic nitrogens is 3. The molecule has 1 aliphatic heterocycles. The molecule has 1 aromatic heterocycles. The molecular weight excluding hydrogens is 348 g/mol. The Morgan fingerprint density at radius 1 is 1.19 bits per heavy atom. The summed E-state index contributed by atoms with van der Waals surface area (Å²) < 4.78 is 2.01. The van der Waals surface area contributed by atoms with Crippen LogP contribution in [0.3, 0.4) is 0 Å². The fraction of sp³-hybridized carbons (Fsp3) is 0.526. The van der Waals surface area contributed by atoms with Gasteiger partial charge in [-0.25, -0.2) is 0 Å². The smallest absolute Gasteiger partial charge is 0.233 e. The molecule has 0 saturated carbocycles. The number of piperidine rings is 1. The van der Waals surface area contributed by atoms with Gasteiger partial charge in [-0.2, -0.15) is 0 Å². The fourth-order valence-electron chi connectivity index (χ4n) is 3.62. The number of likely N-dealkylation sites (tertiary alicyclic amines) is 1. The highest BCUT2D eigenvalue weighted by Gasteiger charge is 2.29. The standard InChI is InChI=1S/C19H26N4O2S/c1-4-22-18(15-8-10-16(24)11-9-15)20-21-19(22)26-12-17(25)23-13(2)6-5-7-14(23)3/h8-11,13-14,24H,4-7,12H2,1-3H3/t13-,14-/m0/s1. The lowest BCUT2D eigenvalue weighted by atomic mass is 9.98. The first-order valence-corrected chi connectivity index (χ1v) is 10.2. The maximum Gasteiger partial charge on any atom is 0.233 e. The number of phenolic OH excluding ortho intramolecular Hbond substituents is 1. The first kappa shape index (κ1) is 18.8. The molecule has 2 atom stereocenters. The summed E-state index contributed by atoms with van der Waals surface area (Å²) in [6.07, 6.45) is 3.35. The number of nitrogens with zero attached hydrogens (tertiary/aromatic N) is 4. The van der Waals surface area contributed by atoms with E-state index in [1.807, 2.05) is 28.5 Å². The summed E-state index contributed by atoms with van der Waals surface area (Å²) in [5, 5.41) is 18.8. The van der Waals surface area contributed by atoms with Gasteiger partial charge in [0.05, 0.1) is 5.75 Å². The van der Waals surface area contributed by atoms with E-state index < -0.39 is 0 Å². The number of thioether (sulfide) groups is 1. The monoisotopic (exact) mass is 374 g/mol. The molecule has 140 valence electrons. The Labute approximate surface area is 158 Å². The minimum atomic E-state index is 0.173. The molecule has 1 saturated heterocycles. The molecule has 2 heterocycles. The van der Waals surface area contributed by atoms with Gasteiger partial charge in [0.2, 0.25) is 5.91 Å². The van der Waals surface area contributed by atoms with E-state index in [0.29, 0.717) is 17.8 Å². The van der Waals surface area contributed by atoms with Gasteiger partial charge in [0.1, 0.15) is 5.75 Å². The summed E-state index contributed by atoms with van der Waals surface area (Å²) in [5.41, 5.74) is 0.897. The van der Waals surface area contributed by atoms with Gasteiger partial charge in [-0.3, -0.25) is 4.79 Å². The molecule has 0 spiro atoms. The van der Waals surface area contributed by atoms with E-state index in [-0.39, 0.29) is 11.7 Å². The predicted molar refractivity (Wildman–Crippen MR) is 103 cm³/mol. The Balaban J connectivity index is 1.72. The second kappa shape index (κ2) is 8.12. The van der Waals surface area contributed by atoms with Crippen molar-refractivity contribution in [3.8, 4) is 17.1 Å². The van der Waals surface area contributed by atoms with Gasteiger partial charge < -0.3 is 14.6 Å². The molecule has 7 heteroatoms. The van der Waals surface area contributed by atoms with Crippen LogP contribution in [0.1, 0.15) is 40.0 Å². The van der Waals surface area contributed by atoms with Crippen molar-refractivity contribution in [2.24, 2.45) is 0 Å². The van der Waals surface area contributed by atoms with Gasteiger partial charge >= 0.3 is 0 Å². The van der Waals surface area contributed by atoms with Crippen LogP contribution in [0.25, 0.3) is 11.4 Å². The van der Waals surface area contributed by atoms with Gasteiger partial charge in [0, 0.05) is 24.2 Å². The van der Waals surface area contributed by atoms with Gasteiger partial charge in [-0.1, -0.05) is 11.8 Å². The largest absolute Gasteiger partial charge is 0.508 e. The topological polar surface area (TPSA) is 71.2 Å². The second-order valence-electron chi connectivity index (χ2n) is 6.82. The highest BCUT2D eigenvalue weighted by Crippen LogP contribution is 2.27. The van der Waals surface area contributed by atoms with Gasteiger partial charge in [0.25, 0.3) is 0 Å². The molecular formula is C19H26N4O2S. The quantitative estimate of drug-likeness (QED) is 0.811. The fourth-order valence-corrected chi connectivity index (χ4v) is 4.49. The van der Waals surface area contributed by atoms with E-state index in [9.17, 15) is 9.90 Å². The normalized spacial score (nSPS) is 20.3. The third kappa shape index (κ3) is 3.87. The van der Waals surface area contributed by atoms with Crippen molar-refractivity contribution in [3.63, 3.8) is 0 Å². The molecule has 0 aliphatic carbocycles. The first-order chi connectivity index (χ1) is 12.5. The van der Waals surface area contributed by atoms with E-state index >= 15 is 0 Å². The molecule has 1 aromatic carbocycles. The van der Waals surface area contributed by atoms with E-state index in [1.165, 1.54) is 18.2 Å². The minimum Gasteiger partial charge on any atom is -0.508 e. The number of hydrogen-bond donors (Lipinski definition) is 1. The molecule has 0 radical (unpaired) electrons.